The van der Waals surface area contributed by atoms with Crippen LogP contribution in [0.1, 0.15) is 19.5 Å². The number of aromatic nitrogens is 3. The highest BCUT2D eigenvalue weighted by molar-refractivity contribution is 5.80. The van der Waals surface area contributed by atoms with Crippen LogP contribution in [0.2, 0.25) is 0 Å². The fraction of sp³-hybridized carbons (Fsp3) is 0.211. The number of nitrogens with one attached hydrogen (secondary N) is 1. The first-order chi connectivity index (χ1) is 11.6. The van der Waals surface area contributed by atoms with Gasteiger partial charge in [0.2, 0.25) is 5.91 Å². The summed E-state index contributed by atoms with van der Waals surface area (Å²) in [6, 6.07) is 19.8. The maximum atomic E-state index is 12.2. The number of para-hydroxylation sites is 1. The normalized spacial score (nSPS) is 10.8. The second kappa shape index (κ2) is 7.08. The third kappa shape index (κ3) is 3.51. The minimum Gasteiger partial charge on any atom is -0.354 e. The van der Waals surface area contributed by atoms with E-state index < -0.39 is 0 Å². The third-order valence-electron chi connectivity index (χ3n) is 3.57. The minimum atomic E-state index is -0.0534. The summed E-state index contributed by atoms with van der Waals surface area (Å²) in [4.78, 5) is 12.2. The Balaban J connectivity index is 2.04. The van der Waals surface area contributed by atoms with Gasteiger partial charge in [-0.15, -0.1) is 5.10 Å². The number of carbonyl (C=O) groups excluding carboxylic acids is 1. The van der Waals surface area contributed by atoms with Crippen molar-refractivity contribution < 1.29 is 4.79 Å². The van der Waals surface area contributed by atoms with Gasteiger partial charge in [-0.25, -0.2) is 4.68 Å². The van der Waals surface area contributed by atoms with Gasteiger partial charge in [-0.3, -0.25) is 4.79 Å². The van der Waals surface area contributed by atoms with E-state index in [0.29, 0.717) is 5.69 Å². The highest BCUT2D eigenvalue weighted by atomic mass is 16.1. The predicted molar refractivity (Wildman–Crippen MR) is 93.8 cm³/mol. The third-order valence-corrected chi connectivity index (χ3v) is 3.57. The van der Waals surface area contributed by atoms with Gasteiger partial charge in [-0.1, -0.05) is 53.7 Å². The lowest BCUT2D eigenvalue weighted by Crippen LogP contribution is -2.31. The molecular weight excluding hydrogens is 300 g/mol. The zero-order chi connectivity index (χ0) is 16.9. The molecule has 0 fully saturated rings. The second-order valence-corrected chi connectivity index (χ2v) is 5.90. The maximum Gasteiger partial charge on any atom is 0.226 e. The summed E-state index contributed by atoms with van der Waals surface area (Å²) in [5.41, 5.74) is 3.42. The minimum absolute atomic E-state index is 0.0534. The van der Waals surface area contributed by atoms with Crippen LogP contribution in [-0.2, 0) is 11.2 Å². The molecule has 0 bridgehead atoms. The van der Waals surface area contributed by atoms with Crippen molar-refractivity contribution in [3.63, 3.8) is 0 Å². The lowest BCUT2D eigenvalue weighted by Gasteiger charge is -2.10. The summed E-state index contributed by atoms with van der Waals surface area (Å²) < 4.78 is 1.79. The molecule has 1 aromatic heterocycles. The number of hydrogen-bond donors (Lipinski definition) is 1. The van der Waals surface area contributed by atoms with Crippen molar-refractivity contribution in [2.24, 2.45) is 0 Å². The second-order valence-electron chi connectivity index (χ2n) is 5.90. The van der Waals surface area contributed by atoms with Crippen LogP contribution in [0.5, 0.6) is 0 Å². The monoisotopic (exact) mass is 320 g/mol. The van der Waals surface area contributed by atoms with Crippen LogP contribution in [0.25, 0.3) is 16.9 Å². The molecule has 1 heterocycles. The van der Waals surface area contributed by atoms with Crippen molar-refractivity contribution in [2.45, 2.75) is 26.3 Å². The topological polar surface area (TPSA) is 59.8 Å². The summed E-state index contributed by atoms with van der Waals surface area (Å²) in [5.74, 6) is -0.0534. The lowest BCUT2D eigenvalue weighted by atomic mass is 10.1. The summed E-state index contributed by atoms with van der Waals surface area (Å²) in [7, 11) is 0. The largest absolute Gasteiger partial charge is 0.354 e. The van der Waals surface area contributed by atoms with Gasteiger partial charge in [0.15, 0.2) is 0 Å². The maximum absolute atomic E-state index is 12.2. The summed E-state index contributed by atoms with van der Waals surface area (Å²) in [5, 5.41) is 11.5. The SMILES string of the molecule is CC(C)NC(=O)Cc1nnn(-c2ccccc2)c1-c1ccccc1. The Morgan fingerprint density at radius 3 is 2.29 bits per heavy atom. The Bertz CT molecular complexity index is 810. The summed E-state index contributed by atoms with van der Waals surface area (Å²) in [6.45, 7) is 3.88. The molecule has 2 aromatic carbocycles. The van der Waals surface area contributed by atoms with E-state index in [1.807, 2.05) is 74.5 Å². The van der Waals surface area contributed by atoms with E-state index in [0.717, 1.165) is 16.9 Å². The van der Waals surface area contributed by atoms with Crippen molar-refractivity contribution in [3.05, 3.63) is 66.4 Å². The first-order valence-electron chi connectivity index (χ1n) is 8.00. The number of nitrogens with zero attached hydrogens (tertiary/aromatic N) is 3. The molecule has 0 saturated carbocycles. The lowest BCUT2D eigenvalue weighted by molar-refractivity contribution is -0.120. The molecule has 0 atom stereocenters. The average Bonchev–Trinajstić information content (AvgIpc) is 2.99. The van der Waals surface area contributed by atoms with Gasteiger partial charge >= 0.3 is 0 Å². The predicted octanol–water partition coefficient (Wildman–Crippen LogP) is 3.00. The van der Waals surface area contributed by atoms with Gasteiger partial charge in [0.25, 0.3) is 0 Å². The van der Waals surface area contributed by atoms with Gasteiger partial charge in [0, 0.05) is 11.6 Å². The zero-order valence-corrected chi connectivity index (χ0v) is 13.8. The highest BCUT2D eigenvalue weighted by Crippen LogP contribution is 2.25. The molecule has 0 spiro atoms. The van der Waals surface area contributed by atoms with Crippen molar-refractivity contribution in [1.82, 2.24) is 20.3 Å². The Morgan fingerprint density at radius 2 is 1.67 bits per heavy atom. The van der Waals surface area contributed by atoms with Gasteiger partial charge in [0.1, 0.15) is 5.69 Å². The van der Waals surface area contributed by atoms with E-state index in [4.69, 9.17) is 0 Å². The van der Waals surface area contributed by atoms with Crippen LogP contribution in [-0.4, -0.2) is 26.9 Å². The molecule has 0 radical (unpaired) electrons. The molecular formula is C19H20N4O. The molecule has 3 rings (SSSR count). The Morgan fingerprint density at radius 1 is 1.04 bits per heavy atom. The molecule has 3 aromatic rings. The standard InChI is InChI=1S/C19H20N4O/c1-14(2)20-18(24)13-17-19(15-9-5-3-6-10-15)23(22-21-17)16-11-7-4-8-12-16/h3-12,14H,13H2,1-2H3,(H,20,24). The first-order valence-corrected chi connectivity index (χ1v) is 8.00. The van der Waals surface area contributed by atoms with E-state index in [9.17, 15) is 4.79 Å². The zero-order valence-electron chi connectivity index (χ0n) is 13.8. The molecule has 0 aliphatic heterocycles. The van der Waals surface area contributed by atoms with Crippen LogP contribution < -0.4 is 5.32 Å². The van der Waals surface area contributed by atoms with E-state index in [1.165, 1.54) is 0 Å². The van der Waals surface area contributed by atoms with E-state index in [1.54, 1.807) is 4.68 Å². The molecule has 1 N–H and O–H groups in total. The van der Waals surface area contributed by atoms with Gasteiger partial charge < -0.3 is 5.32 Å². The number of carbonyl (C=O) groups is 1. The fourth-order valence-electron chi connectivity index (χ4n) is 2.59. The number of amides is 1. The first kappa shape index (κ1) is 15.9. The van der Waals surface area contributed by atoms with Gasteiger partial charge in [-0.2, -0.15) is 0 Å². The quantitative estimate of drug-likeness (QED) is 0.786. The molecule has 122 valence electrons. The van der Waals surface area contributed by atoms with E-state index >= 15 is 0 Å². The van der Waals surface area contributed by atoms with Crippen LogP contribution in [0.4, 0.5) is 0 Å². The Hall–Kier alpha value is -2.95. The smallest absolute Gasteiger partial charge is 0.226 e. The number of rotatable bonds is 5. The average molecular weight is 320 g/mol. The van der Waals surface area contributed by atoms with Crippen LogP contribution in [0.15, 0.2) is 60.7 Å². The molecule has 24 heavy (non-hydrogen) atoms. The van der Waals surface area contributed by atoms with Crippen molar-refractivity contribution >= 4 is 5.91 Å². The van der Waals surface area contributed by atoms with Crippen molar-refractivity contribution in [2.75, 3.05) is 0 Å². The van der Waals surface area contributed by atoms with Gasteiger partial charge in [0.05, 0.1) is 17.8 Å². The molecule has 5 nitrogen and oxygen atoms in total. The summed E-state index contributed by atoms with van der Waals surface area (Å²) >= 11 is 0. The molecule has 0 aliphatic rings. The van der Waals surface area contributed by atoms with Crippen molar-refractivity contribution in [1.29, 1.82) is 0 Å². The fourth-order valence-corrected chi connectivity index (χ4v) is 2.59. The van der Waals surface area contributed by atoms with Crippen LogP contribution >= 0.6 is 0 Å². The molecule has 5 heteroatoms. The van der Waals surface area contributed by atoms with Gasteiger partial charge in [-0.05, 0) is 26.0 Å². The van der Waals surface area contributed by atoms with Crippen LogP contribution in [0, 0.1) is 0 Å². The summed E-state index contributed by atoms with van der Waals surface area (Å²) in [6.07, 6.45) is 0.204. The van der Waals surface area contributed by atoms with Crippen molar-refractivity contribution in [3.8, 4) is 16.9 Å². The Kier molecular flexibility index (Phi) is 4.70. The molecule has 0 saturated heterocycles. The molecule has 0 unspecified atom stereocenters. The number of hydrogen-bond acceptors (Lipinski definition) is 3. The Labute approximate surface area is 141 Å². The van der Waals surface area contributed by atoms with Crippen LogP contribution in [0.3, 0.4) is 0 Å². The number of benzene rings is 2. The highest BCUT2D eigenvalue weighted by Gasteiger charge is 2.18. The molecule has 1 amide bonds. The van der Waals surface area contributed by atoms with E-state index in [-0.39, 0.29) is 18.4 Å². The molecule has 0 aliphatic carbocycles. The van der Waals surface area contributed by atoms with E-state index in [2.05, 4.69) is 15.6 Å².